The first-order valence-corrected chi connectivity index (χ1v) is 8.00. The van der Waals surface area contributed by atoms with Gasteiger partial charge in [-0.05, 0) is 35.9 Å². The van der Waals surface area contributed by atoms with E-state index in [0.29, 0.717) is 13.0 Å². The summed E-state index contributed by atoms with van der Waals surface area (Å²) in [4.78, 5) is 11.9. The highest BCUT2D eigenvalue weighted by Gasteiger charge is 2.04. The quantitative estimate of drug-likeness (QED) is 0.682. The summed E-state index contributed by atoms with van der Waals surface area (Å²) < 4.78 is 3.99. The van der Waals surface area contributed by atoms with E-state index in [1.165, 1.54) is 10.9 Å². The van der Waals surface area contributed by atoms with E-state index in [1.807, 2.05) is 19.4 Å². The fourth-order valence-electron chi connectivity index (χ4n) is 2.76. The number of nitrogens with one attached hydrogen (secondary N) is 1. The van der Waals surface area contributed by atoms with Gasteiger partial charge < -0.3 is 9.88 Å². The summed E-state index contributed by atoms with van der Waals surface area (Å²) in [6, 6.07) is 10.5. The molecule has 0 spiro atoms. The van der Waals surface area contributed by atoms with E-state index in [1.54, 1.807) is 4.68 Å². The van der Waals surface area contributed by atoms with E-state index in [2.05, 4.69) is 51.5 Å². The van der Waals surface area contributed by atoms with E-state index < -0.39 is 0 Å². The minimum Gasteiger partial charge on any atom is -0.356 e. The van der Waals surface area contributed by atoms with Crippen LogP contribution in [-0.4, -0.2) is 26.8 Å². The summed E-state index contributed by atoms with van der Waals surface area (Å²) in [5.74, 6) is 0.103. The van der Waals surface area contributed by atoms with Crippen LogP contribution in [0.5, 0.6) is 0 Å². The van der Waals surface area contributed by atoms with Gasteiger partial charge in [-0.15, -0.1) is 0 Å². The van der Waals surface area contributed by atoms with Crippen molar-refractivity contribution in [1.29, 1.82) is 0 Å². The lowest BCUT2D eigenvalue weighted by Crippen LogP contribution is -2.25. The Kier molecular flexibility index (Phi) is 4.76. The van der Waals surface area contributed by atoms with Gasteiger partial charge in [0, 0.05) is 44.5 Å². The molecule has 3 aromatic rings. The molecule has 0 atom stereocenters. The van der Waals surface area contributed by atoms with Crippen LogP contribution in [0.25, 0.3) is 10.9 Å². The predicted octanol–water partition coefficient (Wildman–Crippen LogP) is 2.51. The SMILES string of the molecule is Cn1cc(CCC(=O)NCCCn2ccc3ccccc32)cn1. The maximum atomic E-state index is 11.9. The number of hydrogen-bond acceptors (Lipinski definition) is 2. The van der Waals surface area contributed by atoms with Crippen LogP contribution in [-0.2, 0) is 24.8 Å². The van der Waals surface area contributed by atoms with Crippen molar-refractivity contribution in [3.05, 3.63) is 54.5 Å². The third-order valence-corrected chi connectivity index (χ3v) is 3.98. The zero-order chi connectivity index (χ0) is 16.1. The van der Waals surface area contributed by atoms with Crippen molar-refractivity contribution in [2.45, 2.75) is 25.8 Å². The van der Waals surface area contributed by atoms with Crippen LogP contribution >= 0.6 is 0 Å². The number of fused-ring (bicyclic) bond motifs is 1. The Balaban J connectivity index is 1.38. The molecular formula is C18H22N4O. The number of aryl methyl sites for hydroxylation is 3. The molecule has 120 valence electrons. The van der Waals surface area contributed by atoms with Crippen molar-refractivity contribution >= 4 is 16.8 Å². The molecule has 0 unspecified atom stereocenters. The van der Waals surface area contributed by atoms with Gasteiger partial charge in [-0.2, -0.15) is 5.10 Å². The standard InChI is InChI=1S/C18H22N4O/c1-21-14-15(13-20-21)7-8-18(23)19-10-4-11-22-12-9-16-5-2-3-6-17(16)22/h2-3,5-6,9,12-14H,4,7-8,10-11H2,1H3,(H,19,23). The summed E-state index contributed by atoms with van der Waals surface area (Å²) in [6.07, 6.45) is 8.04. The number of rotatable bonds is 7. The molecule has 5 heteroatoms. The molecule has 1 aromatic carbocycles. The molecule has 1 N–H and O–H groups in total. The van der Waals surface area contributed by atoms with E-state index >= 15 is 0 Å². The third-order valence-electron chi connectivity index (χ3n) is 3.98. The van der Waals surface area contributed by atoms with Gasteiger partial charge in [0.2, 0.25) is 5.91 Å². The lowest BCUT2D eigenvalue weighted by molar-refractivity contribution is -0.121. The highest BCUT2D eigenvalue weighted by Crippen LogP contribution is 2.15. The Bertz CT molecular complexity index is 787. The molecule has 1 amide bonds. The predicted molar refractivity (Wildman–Crippen MR) is 91.1 cm³/mol. The Hall–Kier alpha value is -2.56. The Labute approximate surface area is 135 Å². The Morgan fingerprint density at radius 1 is 1.26 bits per heavy atom. The monoisotopic (exact) mass is 310 g/mol. The van der Waals surface area contributed by atoms with Crippen LogP contribution in [0.1, 0.15) is 18.4 Å². The molecular weight excluding hydrogens is 288 g/mol. The van der Waals surface area contributed by atoms with E-state index in [4.69, 9.17) is 0 Å². The second kappa shape index (κ2) is 7.13. The van der Waals surface area contributed by atoms with E-state index in [0.717, 1.165) is 24.9 Å². The molecule has 0 radical (unpaired) electrons. The van der Waals surface area contributed by atoms with E-state index in [9.17, 15) is 4.79 Å². The number of aromatic nitrogens is 3. The summed E-state index contributed by atoms with van der Waals surface area (Å²) in [5.41, 5.74) is 2.34. The number of nitrogens with zero attached hydrogens (tertiary/aromatic N) is 3. The second-order valence-electron chi connectivity index (χ2n) is 5.79. The molecule has 0 saturated carbocycles. The van der Waals surface area contributed by atoms with Crippen LogP contribution in [0, 0.1) is 0 Å². The summed E-state index contributed by atoms with van der Waals surface area (Å²) in [7, 11) is 1.88. The number of para-hydroxylation sites is 1. The molecule has 0 aliphatic carbocycles. The molecule has 2 heterocycles. The van der Waals surface area contributed by atoms with Crippen molar-refractivity contribution < 1.29 is 4.79 Å². The average molecular weight is 310 g/mol. The van der Waals surface area contributed by atoms with E-state index in [-0.39, 0.29) is 5.91 Å². The van der Waals surface area contributed by atoms with Gasteiger partial charge in [-0.3, -0.25) is 9.48 Å². The first-order valence-electron chi connectivity index (χ1n) is 8.00. The van der Waals surface area contributed by atoms with Gasteiger partial charge >= 0.3 is 0 Å². The van der Waals surface area contributed by atoms with Gasteiger partial charge in [-0.25, -0.2) is 0 Å². The molecule has 5 nitrogen and oxygen atoms in total. The molecule has 0 fully saturated rings. The van der Waals surface area contributed by atoms with Gasteiger partial charge in [0.25, 0.3) is 0 Å². The van der Waals surface area contributed by atoms with Gasteiger partial charge in [0.1, 0.15) is 0 Å². The van der Waals surface area contributed by atoms with Gasteiger partial charge in [0.15, 0.2) is 0 Å². The zero-order valence-corrected chi connectivity index (χ0v) is 13.4. The van der Waals surface area contributed by atoms with Crippen molar-refractivity contribution in [3.63, 3.8) is 0 Å². The lowest BCUT2D eigenvalue weighted by atomic mass is 10.2. The van der Waals surface area contributed by atoms with Crippen LogP contribution in [0.3, 0.4) is 0 Å². The first-order chi connectivity index (χ1) is 11.2. The molecule has 0 bridgehead atoms. The number of benzene rings is 1. The fourth-order valence-corrected chi connectivity index (χ4v) is 2.76. The summed E-state index contributed by atoms with van der Waals surface area (Å²) >= 11 is 0. The maximum absolute atomic E-state index is 11.9. The summed E-state index contributed by atoms with van der Waals surface area (Å²) in [5, 5.41) is 8.35. The van der Waals surface area contributed by atoms with Crippen molar-refractivity contribution in [2.24, 2.45) is 7.05 Å². The minimum atomic E-state index is 0.103. The average Bonchev–Trinajstić information content (AvgIpc) is 3.16. The topological polar surface area (TPSA) is 51.9 Å². The largest absolute Gasteiger partial charge is 0.356 e. The Morgan fingerprint density at radius 2 is 2.13 bits per heavy atom. The normalized spacial score (nSPS) is 11.0. The van der Waals surface area contributed by atoms with Crippen molar-refractivity contribution in [2.75, 3.05) is 6.54 Å². The van der Waals surface area contributed by atoms with Gasteiger partial charge in [-0.1, -0.05) is 18.2 Å². The van der Waals surface area contributed by atoms with Gasteiger partial charge in [0.05, 0.1) is 6.20 Å². The molecule has 23 heavy (non-hydrogen) atoms. The molecule has 0 aliphatic heterocycles. The van der Waals surface area contributed by atoms with Crippen LogP contribution < -0.4 is 5.32 Å². The van der Waals surface area contributed by atoms with Crippen LogP contribution in [0.15, 0.2) is 48.9 Å². The second-order valence-corrected chi connectivity index (χ2v) is 5.79. The molecule has 3 rings (SSSR count). The molecule has 2 aromatic heterocycles. The third kappa shape index (κ3) is 4.00. The number of amides is 1. The highest BCUT2D eigenvalue weighted by molar-refractivity contribution is 5.79. The first kappa shape index (κ1) is 15.3. The summed E-state index contributed by atoms with van der Waals surface area (Å²) in [6.45, 7) is 1.62. The fraction of sp³-hybridized carbons (Fsp3) is 0.333. The Morgan fingerprint density at radius 3 is 2.96 bits per heavy atom. The smallest absolute Gasteiger partial charge is 0.220 e. The lowest BCUT2D eigenvalue weighted by Gasteiger charge is -2.07. The molecule has 0 aliphatic rings. The number of carbonyl (C=O) groups is 1. The van der Waals surface area contributed by atoms with Crippen LogP contribution in [0.4, 0.5) is 0 Å². The zero-order valence-electron chi connectivity index (χ0n) is 13.4. The maximum Gasteiger partial charge on any atom is 0.220 e. The highest BCUT2D eigenvalue weighted by atomic mass is 16.1. The van der Waals surface area contributed by atoms with Crippen molar-refractivity contribution in [3.8, 4) is 0 Å². The van der Waals surface area contributed by atoms with Crippen LogP contribution in [0.2, 0.25) is 0 Å². The number of carbonyl (C=O) groups excluding carboxylic acids is 1. The minimum absolute atomic E-state index is 0.103. The number of hydrogen-bond donors (Lipinski definition) is 1. The molecule has 0 saturated heterocycles. The van der Waals surface area contributed by atoms with Crippen molar-refractivity contribution in [1.82, 2.24) is 19.7 Å².